The molecule has 2 heterocycles. The van der Waals surface area contributed by atoms with Crippen molar-refractivity contribution in [2.45, 2.75) is 32.4 Å². The summed E-state index contributed by atoms with van der Waals surface area (Å²) < 4.78 is 5.37. The molecule has 2 aliphatic rings. The number of anilines is 1. The lowest BCUT2D eigenvalue weighted by Crippen LogP contribution is -2.47. The first-order valence-electron chi connectivity index (χ1n) is 8.86. The predicted octanol–water partition coefficient (Wildman–Crippen LogP) is 0.428. The third-order valence-corrected chi connectivity index (χ3v) is 4.82. The summed E-state index contributed by atoms with van der Waals surface area (Å²) in [5, 5.41) is 2.69. The maximum Gasteiger partial charge on any atom is 0.262 e. The number of rotatable bonds is 4. The maximum atomic E-state index is 13.0. The first-order valence-corrected chi connectivity index (χ1v) is 8.86. The Labute approximate surface area is 152 Å². The van der Waals surface area contributed by atoms with E-state index in [1.807, 2.05) is 13.8 Å². The molecule has 0 unspecified atom stereocenters. The van der Waals surface area contributed by atoms with Gasteiger partial charge in [0.1, 0.15) is 11.8 Å². The van der Waals surface area contributed by atoms with E-state index in [1.165, 1.54) is 0 Å². The van der Waals surface area contributed by atoms with E-state index in [4.69, 9.17) is 10.5 Å². The van der Waals surface area contributed by atoms with Gasteiger partial charge < -0.3 is 25.6 Å². The summed E-state index contributed by atoms with van der Waals surface area (Å²) in [6.45, 7) is 5.27. The Bertz CT molecular complexity index is 732. The first kappa shape index (κ1) is 18.2. The summed E-state index contributed by atoms with van der Waals surface area (Å²) in [6, 6.07) is 4.08. The fraction of sp³-hybridized carbons (Fsp3) is 0.500. The van der Waals surface area contributed by atoms with Gasteiger partial charge in [0.2, 0.25) is 5.91 Å². The average molecular weight is 360 g/mol. The van der Waals surface area contributed by atoms with Crippen molar-refractivity contribution in [1.82, 2.24) is 9.80 Å². The number of nitrogens with zero attached hydrogens (tertiary/aromatic N) is 2. The maximum absolute atomic E-state index is 13.0. The monoisotopic (exact) mass is 360 g/mol. The summed E-state index contributed by atoms with van der Waals surface area (Å²) in [5.74, 6) is -0.109. The summed E-state index contributed by atoms with van der Waals surface area (Å²) in [5.41, 5.74) is 6.98. The van der Waals surface area contributed by atoms with Crippen LogP contribution in [0.2, 0.25) is 0 Å². The largest absolute Gasteiger partial charge is 0.482 e. The lowest BCUT2D eigenvalue weighted by Gasteiger charge is -2.29. The number of fused-ring (bicyclic) bond motifs is 1. The van der Waals surface area contributed by atoms with Gasteiger partial charge in [0.05, 0.1) is 5.69 Å². The molecule has 8 nitrogen and oxygen atoms in total. The summed E-state index contributed by atoms with van der Waals surface area (Å²) in [7, 11) is 0. The SMILES string of the molecule is CCN(CC)C(=O)[C@@H]1C[C@@H](N)CN1C(=O)c1ccc2c(c1)OCC(=O)N2. The predicted molar refractivity (Wildman–Crippen MR) is 95.9 cm³/mol. The van der Waals surface area contributed by atoms with Crippen molar-refractivity contribution >= 4 is 23.4 Å². The molecule has 1 fully saturated rings. The third-order valence-electron chi connectivity index (χ3n) is 4.82. The number of amides is 3. The Balaban J connectivity index is 1.83. The number of nitrogens with two attached hydrogens (primary N) is 1. The van der Waals surface area contributed by atoms with Crippen LogP contribution >= 0.6 is 0 Å². The van der Waals surface area contributed by atoms with Crippen LogP contribution in [0.4, 0.5) is 5.69 Å². The molecule has 8 heteroatoms. The summed E-state index contributed by atoms with van der Waals surface area (Å²) in [4.78, 5) is 40.4. The van der Waals surface area contributed by atoms with Crippen LogP contribution in [0, 0.1) is 0 Å². The Morgan fingerprint density at radius 3 is 2.77 bits per heavy atom. The van der Waals surface area contributed by atoms with E-state index in [2.05, 4.69) is 5.32 Å². The van der Waals surface area contributed by atoms with Crippen molar-refractivity contribution < 1.29 is 19.1 Å². The van der Waals surface area contributed by atoms with Gasteiger partial charge in [0, 0.05) is 31.2 Å². The van der Waals surface area contributed by atoms with Gasteiger partial charge >= 0.3 is 0 Å². The zero-order chi connectivity index (χ0) is 18.8. The molecule has 1 saturated heterocycles. The van der Waals surface area contributed by atoms with Crippen LogP contribution in [0.15, 0.2) is 18.2 Å². The van der Waals surface area contributed by atoms with Crippen LogP contribution in [0.5, 0.6) is 5.75 Å². The third kappa shape index (κ3) is 3.37. The highest BCUT2D eigenvalue weighted by Crippen LogP contribution is 2.30. The van der Waals surface area contributed by atoms with E-state index in [-0.39, 0.29) is 30.4 Å². The van der Waals surface area contributed by atoms with Gasteiger partial charge in [-0.2, -0.15) is 0 Å². The number of likely N-dealkylation sites (N-methyl/N-ethyl adjacent to an activating group) is 1. The van der Waals surface area contributed by atoms with Crippen molar-refractivity contribution in [1.29, 1.82) is 0 Å². The van der Waals surface area contributed by atoms with Gasteiger partial charge in [-0.3, -0.25) is 14.4 Å². The fourth-order valence-electron chi connectivity index (χ4n) is 3.45. The highest BCUT2D eigenvalue weighted by Gasteiger charge is 2.40. The second kappa shape index (κ2) is 7.33. The quantitative estimate of drug-likeness (QED) is 0.810. The number of carbonyl (C=O) groups excluding carboxylic acids is 3. The Morgan fingerprint density at radius 1 is 1.35 bits per heavy atom. The second-order valence-electron chi connectivity index (χ2n) is 6.53. The van der Waals surface area contributed by atoms with Crippen molar-refractivity contribution in [2.24, 2.45) is 5.73 Å². The molecular weight excluding hydrogens is 336 g/mol. The zero-order valence-corrected chi connectivity index (χ0v) is 15.0. The molecule has 1 aromatic carbocycles. The molecule has 2 atom stereocenters. The van der Waals surface area contributed by atoms with Gasteiger partial charge in [-0.15, -0.1) is 0 Å². The van der Waals surface area contributed by atoms with Gasteiger partial charge in [-0.1, -0.05) is 0 Å². The zero-order valence-electron chi connectivity index (χ0n) is 15.0. The number of likely N-dealkylation sites (tertiary alicyclic amines) is 1. The van der Waals surface area contributed by atoms with E-state index in [1.54, 1.807) is 28.0 Å². The van der Waals surface area contributed by atoms with Crippen LogP contribution in [-0.4, -0.2) is 65.8 Å². The van der Waals surface area contributed by atoms with Crippen LogP contribution in [0.1, 0.15) is 30.6 Å². The Morgan fingerprint density at radius 2 is 2.08 bits per heavy atom. The lowest BCUT2D eigenvalue weighted by atomic mass is 10.1. The van der Waals surface area contributed by atoms with Gasteiger partial charge in [-0.05, 0) is 38.5 Å². The average Bonchev–Trinajstić information content (AvgIpc) is 3.03. The highest BCUT2D eigenvalue weighted by atomic mass is 16.5. The molecule has 2 aliphatic heterocycles. The minimum absolute atomic E-state index is 0.0715. The summed E-state index contributed by atoms with van der Waals surface area (Å²) in [6.07, 6.45) is 0.457. The Kier molecular flexibility index (Phi) is 5.13. The molecule has 0 radical (unpaired) electrons. The van der Waals surface area contributed by atoms with Crippen molar-refractivity contribution in [3.05, 3.63) is 23.8 Å². The molecule has 0 saturated carbocycles. The number of hydrogen-bond acceptors (Lipinski definition) is 5. The molecule has 140 valence electrons. The molecular formula is C18H24N4O4. The van der Waals surface area contributed by atoms with Gasteiger partial charge in [-0.25, -0.2) is 0 Å². The van der Waals surface area contributed by atoms with Gasteiger partial charge in [0.15, 0.2) is 6.61 Å². The Hall–Kier alpha value is -2.61. The second-order valence-corrected chi connectivity index (χ2v) is 6.53. The molecule has 0 bridgehead atoms. The molecule has 0 spiro atoms. The fourth-order valence-corrected chi connectivity index (χ4v) is 3.45. The molecule has 3 N–H and O–H groups in total. The summed E-state index contributed by atoms with van der Waals surface area (Å²) >= 11 is 0. The smallest absolute Gasteiger partial charge is 0.262 e. The molecule has 3 amide bonds. The standard InChI is InChI=1S/C18H24N4O4/c1-3-21(4-2)18(25)14-8-12(19)9-22(14)17(24)11-5-6-13-15(7-11)26-10-16(23)20-13/h5-7,12,14H,3-4,8-10,19H2,1-2H3,(H,20,23)/t12-,14+/m1/s1. The minimum Gasteiger partial charge on any atom is -0.482 e. The van der Waals surface area contributed by atoms with Crippen LogP contribution in [0.3, 0.4) is 0 Å². The van der Waals surface area contributed by atoms with Crippen LogP contribution in [0.25, 0.3) is 0 Å². The van der Waals surface area contributed by atoms with E-state index in [0.717, 1.165) is 0 Å². The van der Waals surface area contributed by atoms with Gasteiger partial charge in [0.25, 0.3) is 11.8 Å². The normalized spacial score (nSPS) is 21.7. The highest BCUT2D eigenvalue weighted by molar-refractivity contribution is 6.00. The number of hydrogen-bond donors (Lipinski definition) is 2. The number of benzene rings is 1. The number of ether oxygens (including phenoxy) is 1. The van der Waals surface area contributed by atoms with E-state index in [9.17, 15) is 14.4 Å². The van der Waals surface area contributed by atoms with E-state index >= 15 is 0 Å². The van der Waals surface area contributed by atoms with Crippen LogP contribution < -0.4 is 15.8 Å². The lowest BCUT2D eigenvalue weighted by molar-refractivity contribution is -0.134. The van der Waals surface area contributed by atoms with Crippen LogP contribution in [-0.2, 0) is 9.59 Å². The first-order chi connectivity index (χ1) is 12.4. The number of carbonyl (C=O) groups is 3. The number of nitrogens with one attached hydrogen (secondary N) is 1. The molecule has 0 aliphatic carbocycles. The van der Waals surface area contributed by atoms with Crippen molar-refractivity contribution in [2.75, 3.05) is 31.6 Å². The molecule has 0 aromatic heterocycles. The minimum atomic E-state index is -0.547. The van der Waals surface area contributed by atoms with E-state index < -0.39 is 6.04 Å². The molecule has 26 heavy (non-hydrogen) atoms. The molecule has 3 rings (SSSR count). The topological polar surface area (TPSA) is 105 Å². The van der Waals surface area contributed by atoms with Crippen molar-refractivity contribution in [3.63, 3.8) is 0 Å². The van der Waals surface area contributed by atoms with Crippen molar-refractivity contribution in [3.8, 4) is 5.75 Å². The van der Waals surface area contributed by atoms with E-state index in [0.29, 0.717) is 43.1 Å². The molecule has 1 aromatic rings.